The SMILES string of the molecule is CC(C)c1ccccc1-n1c(SCC(=O)NC2CCCCCC2)nnc1-c1ccc(Cl)cc1Cl. The molecule has 0 aliphatic heterocycles. The molecular formula is C26H30Cl2N4OS. The van der Waals surface area contributed by atoms with Gasteiger partial charge in [0.1, 0.15) is 0 Å². The largest absolute Gasteiger partial charge is 0.353 e. The van der Waals surface area contributed by atoms with Crippen LogP contribution >= 0.6 is 35.0 Å². The highest BCUT2D eigenvalue weighted by molar-refractivity contribution is 7.99. The Morgan fingerprint density at radius 1 is 1.09 bits per heavy atom. The molecule has 0 atom stereocenters. The van der Waals surface area contributed by atoms with Crippen LogP contribution in [0.25, 0.3) is 17.1 Å². The summed E-state index contributed by atoms with van der Waals surface area (Å²) in [5.74, 6) is 1.24. The Morgan fingerprint density at radius 3 is 2.53 bits per heavy atom. The van der Waals surface area contributed by atoms with Gasteiger partial charge in [-0.15, -0.1) is 10.2 Å². The Labute approximate surface area is 215 Å². The molecule has 1 amide bonds. The van der Waals surface area contributed by atoms with E-state index in [2.05, 4.69) is 41.5 Å². The summed E-state index contributed by atoms with van der Waals surface area (Å²) in [6.07, 6.45) is 7.01. The number of nitrogens with one attached hydrogen (secondary N) is 1. The quantitative estimate of drug-likeness (QED) is 0.264. The van der Waals surface area contributed by atoms with E-state index >= 15 is 0 Å². The minimum absolute atomic E-state index is 0.0367. The molecule has 1 N–H and O–H groups in total. The molecule has 1 aromatic heterocycles. The van der Waals surface area contributed by atoms with E-state index in [9.17, 15) is 4.79 Å². The highest BCUT2D eigenvalue weighted by atomic mass is 35.5. The second kappa shape index (κ2) is 11.6. The number of hydrogen-bond donors (Lipinski definition) is 1. The standard InChI is InChI=1S/C26H30Cl2N4OS/c1-17(2)20-11-7-8-12-23(20)32-25(21-14-13-18(27)15-22(21)28)30-31-26(32)34-16-24(33)29-19-9-5-3-4-6-10-19/h7-8,11-15,17,19H,3-6,9-10,16H2,1-2H3,(H,29,33). The minimum Gasteiger partial charge on any atom is -0.353 e. The summed E-state index contributed by atoms with van der Waals surface area (Å²) in [5.41, 5.74) is 2.89. The van der Waals surface area contributed by atoms with Gasteiger partial charge in [0.2, 0.25) is 5.91 Å². The number of hydrogen-bond acceptors (Lipinski definition) is 4. The van der Waals surface area contributed by atoms with Gasteiger partial charge in [-0.3, -0.25) is 9.36 Å². The molecule has 1 fully saturated rings. The van der Waals surface area contributed by atoms with Crippen molar-refractivity contribution in [2.45, 2.75) is 69.5 Å². The maximum atomic E-state index is 12.8. The van der Waals surface area contributed by atoms with Crippen LogP contribution in [0.5, 0.6) is 0 Å². The molecule has 4 rings (SSSR count). The summed E-state index contributed by atoms with van der Waals surface area (Å²) < 4.78 is 2.01. The van der Waals surface area contributed by atoms with E-state index in [4.69, 9.17) is 23.2 Å². The fourth-order valence-corrected chi connectivity index (χ4v) is 5.68. The second-order valence-electron chi connectivity index (χ2n) is 9.02. The first kappa shape index (κ1) is 25.1. The monoisotopic (exact) mass is 516 g/mol. The normalized spacial score (nSPS) is 14.9. The van der Waals surface area contributed by atoms with Crippen LogP contribution < -0.4 is 5.32 Å². The van der Waals surface area contributed by atoms with Crippen molar-refractivity contribution in [3.05, 3.63) is 58.1 Å². The van der Waals surface area contributed by atoms with Gasteiger partial charge in [-0.25, -0.2) is 0 Å². The first-order chi connectivity index (χ1) is 16.4. The van der Waals surface area contributed by atoms with Crippen molar-refractivity contribution >= 4 is 40.9 Å². The Hall–Kier alpha value is -2.02. The Balaban J connectivity index is 1.65. The number of nitrogens with zero attached hydrogens (tertiary/aromatic N) is 3. The van der Waals surface area contributed by atoms with E-state index in [1.807, 2.05) is 22.8 Å². The van der Waals surface area contributed by atoms with E-state index < -0.39 is 0 Å². The minimum atomic E-state index is 0.0367. The molecule has 0 spiro atoms. The van der Waals surface area contributed by atoms with Crippen molar-refractivity contribution in [3.8, 4) is 17.1 Å². The van der Waals surface area contributed by atoms with Crippen molar-refractivity contribution in [2.24, 2.45) is 0 Å². The predicted molar refractivity (Wildman–Crippen MR) is 141 cm³/mol. The van der Waals surface area contributed by atoms with Crippen molar-refractivity contribution in [1.29, 1.82) is 0 Å². The average Bonchev–Trinajstić information content (AvgIpc) is 3.05. The number of amides is 1. The number of carbonyl (C=O) groups excluding carboxylic acids is 1. The Bertz CT molecular complexity index is 1140. The molecule has 1 aliphatic rings. The number of carbonyl (C=O) groups is 1. The zero-order valence-electron chi connectivity index (χ0n) is 19.6. The first-order valence-corrected chi connectivity index (χ1v) is 13.6. The van der Waals surface area contributed by atoms with Crippen LogP contribution in [0, 0.1) is 0 Å². The third-order valence-electron chi connectivity index (χ3n) is 6.16. The van der Waals surface area contributed by atoms with Gasteiger partial charge < -0.3 is 5.32 Å². The van der Waals surface area contributed by atoms with E-state index in [1.165, 1.54) is 43.0 Å². The summed E-state index contributed by atoms with van der Waals surface area (Å²) >= 11 is 14.1. The summed E-state index contributed by atoms with van der Waals surface area (Å²) in [4.78, 5) is 12.8. The molecule has 0 radical (unpaired) electrons. The van der Waals surface area contributed by atoms with Gasteiger partial charge in [-0.2, -0.15) is 0 Å². The number of thioether (sulfide) groups is 1. The van der Waals surface area contributed by atoms with Gasteiger partial charge in [0.25, 0.3) is 0 Å². The average molecular weight is 518 g/mol. The summed E-state index contributed by atoms with van der Waals surface area (Å²) in [5, 5.41) is 13.9. The summed E-state index contributed by atoms with van der Waals surface area (Å²) in [6, 6.07) is 13.8. The maximum Gasteiger partial charge on any atom is 0.230 e. The van der Waals surface area contributed by atoms with Crippen LogP contribution in [0.4, 0.5) is 0 Å². The van der Waals surface area contributed by atoms with Crippen molar-refractivity contribution in [2.75, 3.05) is 5.75 Å². The molecule has 3 aromatic rings. The van der Waals surface area contributed by atoms with Crippen molar-refractivity contribution in [3.63, 3.8) is 0 Å². The Kier molecular flexibility index (Phi) is 8.56. The van der Waals surface area contributed by atoms with Gasteiger partial charge >= 0.3 is 0 Å². The molecule has 2 aromatic carbocycles. The molecular weight excluding hydrogens is 487 g/mol. The van der Waals surface area contributed by atoms with Crippen LogP contribution in [0.15, 0.2) is 47.6 Å². The lowest BCUT2D eigenvalue weighted by molar-refractivity contribution is -0.119. The number of benzene rings is 2. The van der Waals surface area contributed by atoms with Gasteiger partial charge in [0.15, 0.2) is 11.0 Å². The lowest BCUT2D eigenvalue weighted by Crippen LogP contribution is -2.35. The first-order valence-electron chi connectivity index (χ1n) is 11.9. The van der Waals surface area contributed by atoms with Crippen LogP contribution in [0.3, 0.4) is 0 Å². The van der Waals surface area contributed by atoms with Gasteiger partial charge in [0.05, 0.1) is 16.5 Å². The van der Waals surface area contributed by atoms with Crippen molar-refractivity contribution in [1.82, 2.24) is 20.1 Å². The third kappa shape index (κ3) is 5.96. The predicted octanol–water partition coefficient (Wildman–Crippen LogP) is 7.30. The molecule has 1 heterocycles. The lowest BCUT2D eigenvalue weighted by atomic mass is 10.0. The molecule has 0 unspecified atom stereocenters. The van der Waals surface area contributed by atoms with E-state index in [0.717, 1.165) is 24.1 Å². The highest BCUT2D eigenvalue weighted by Gasteiger charge is 2.22. The van der Waals surface area contributed by atoms with Crippen LogP contribution in [0.1, 0.15) is 63.9 Å². The summed E-state index contributed by atoms with van der Waals surface area (Å²) in [6.45, 7) is 4.32. The van der Waals surface area contributed by atoms with Gasteiger partial charge in [0, 0.05) is 16.6 Å². The van der Waals surface area contributed by atoms with Gasteiger partial charge in [-0.1, -0.05) is 92.7 Å². The number of aromatic nitrogens is 3. The second-order valence-corrected chi connectivity index (χ2v) is 10.8. The van der Waals surface area contributed by atoms with Gasteiger partial charge in [-0.05, 0) is 48.6 Å². The van der Waals surface area contributed by atoms with Crippen LogP contribution in [0.2, 0.25) is 10.0 Å². The lowest BCUT2D eigenvalue weighted by Gasteiger charge is -2.18. The smallest absolute Gasteiger partial charge is 0.230 e. The molecule has 0 bridgehead atoms. The van der Waals surface area contributed by atoms with E-state index in [1.54, 1.807) is 12.1 Å². The van der Waals surface area contributed by atoms with Crippen molar-refractivity contribution < 1.29 is 4.79 Å². The number of halogens is 2. The zero-order valence-corrected chi connectivity index (χ0v) is 21.9. The fraction of sp³-hybridized carbons (Fsp3) is 0.423. The summed E-state index contributed by atoms with van der Waals surface area (Å²) in [7, 11) is 0. The molecule has 5 nitrogen and oxygen atoms in total. The van der Waals surface area contributed by atoms with Crippen LogP contribution in [-0.2, 0) is 4.79 Å². The molecule has 0 saturated heterocycles. The third-order valence-corrected chi connectivity index (χ3v) is 7.63. The number of rotatable bonds is 7. The van der Waals surface area contributed by atoms with E-state index in [-0.39, 0.29) is 17.7 Å². The van der Waals surface area contributed by atoms with Crippen LogP contribution in [-0.4, -0.2) is 32.5 Å². The molecule has 1 aliphatic carbocycles. The maximum absolute atomic E-state index is 12.8. The molecule has 1 saturated carbocycles. The molecule has 8 heteroatoms. The molecule has 34 heavy (non-hydrogen) atoms. The van der Waals surface area contributed by atoms with E-state index in [0.29, 0.717) is 26.9 Å². The molecule has 180 valence electrons. The highest BCUT2D eigenvalue weighted by Crippen LogP contribution is 2.35. The topological polar surface area (TPSA) is 59.8 Å². The fourth-order valence-electron chi connectivity index (χ4n) is 4.43. The Morgan fingerprint density at radius 2 is 1.82 bits per heavy atom. The number of para-hydroxylation sites is 1. The zero-order chi connectivity index (χ0) is 24.1.